The number of hydrogen-bond donors (Lipinski definition) is 2. The van der Waals surface area contributed by atoms with Gasteiger partial charge in [-0.05, 0) is 42.2 Å². The number of carbonyl (C=O) groups is 1. The molecule has 0 fully saturated rings. The summed E-state index contributed by atoms with van der Waals surface area (Å²) in [5.41, 5.74) is 4.92. The fourth-order valence-corrected chi connectivity index (χ4v) is 4.80. The van der Waals surface area contributed by atoms with Crippen LogP contribution >= 0.6 is 0 Å². The second kappa shape index (κ2) is 9.29. The quantitative estimate of drug-likeness (QED) is 0.429. The van der Waals surface area contributed by atoms with Crippen molar-refractivity contribution < 1.29 is 14.3 Å². The topological polar surface area (TPSA) is 118 Å². The van der Waals surface area contributed by atoms with Gasteiger partial charge in [-0.25, -0.2) is 9.97 Å². The Morgan fingerprint density at radius 1 is 1.03 bits per heavy atom. The molecule has 36 heavy (non-hydrogen) atoms. The zero-order chi connectivity index (χ0) is 24.5. The summed E-state index contributed by atoms with van der Waals surface area (Å²) in [4.78, 5) is 23.6. The maximum Gasteiger partial charge on any atom is 0.254 e. The molecule has 4 aromatic rings. The predicted molar refractivity (Wildman–Crippen MR) is 131 cm³/mol. The summed E-state index contributed by atoms with van der Waals surface area (Å²) < 4.78 is 11.6. The van der Waals surface area contributed by atoms with Crippen molar-refractivity contribution in [2.45, 2.75) is 31.8 Å². The first-order valence-electron chi connectivity index (χ1n) is 11.9. The first-order valence-corrected chi connectivity index (χ1v) is 11.9. The van der Waals surface area contributed by atoms with E-state index in [-0.39, 0.29) is 11.9 Å². The first-order chi connectivity index (χ1) is 17.7. The largest absolute Gasteiger partial charge is 0.493 e. The molecule has 1 aliphatic carbocycles. The van der Waals surface area contributed by atoms with Crippen molar-refractivity contribution in [1.82, 2.24) is 30.3 Å². The van der Waals surface area contributed by atoms with E-state index in [0.29, 0.717) is 48.3 Å². The van der Waals surface area contributed by atoms with Crippen LogP contribution in [-0.4, -0.2) is 55.9 Å². The van der Waals surface area contributed by atoms with E-state index < -0.39 is 0 Å². The van der Waals surface area contributed by atoms with Gasteiger partial charge in [-0.2, -0.15) is 15.4 Å². The highest BCUT2D eigenvalue weighted by atomic mass is 16.5. The molecule has 0 atom stereocenters. The molecule has 2 N–H and O–H groups in total. The van der Waals surface area contributed by atoms with Gasteiger partial charge in [-0.1, -0.05) is 24.3 Å². The molecule has 1 amide bonds. The van der Waals surface area contributed by atoms with Crippen LogP contribution < -0.4 is 14.8 Å². The van der Waals surface area contributed by atoms with Crippen LogP contribution in [0.2, 0.25) is 0 Å². The molecule has 0 radical (unpaired) electrons. The van der Waals surface area contributed by atoms with E-state index in [1.165, 1.54) is 17.5 Å². The lowest BCUT2D eigenvalue weighted by Crippen LogP contribution is -2.36. The third-order valence-corrected chi connectivity index (χ3v) is 6.62. The van der Waals surface area contributed by atoms with E-state index in [2.05, 4.69) is 55.0 Å². The summed E-state index contributed by atoms with van der Waals surface area (Å²) in [6, 6.07) is 15.6. The van der Waals surface area contributed by atoms with E-state index in [1.54, 1.807) is 36.3 Å². The molecular formula is C26H25N7O3. The monoisotopic (exact) mass is 483 g/mol. The van der Waals surface area contributed by atoms with Crippen molar-refractivity contribution in [2.75, 3.05) is 19.0 Å². The van der Waals surface area contributed by atoms with Crippen LogP contribution in [0, 0.1) is 0 Å². The number of methoxy groups -OCH3 is 1. The summed E-state index contributed by atoms with van der Waals surface area (Å²) in [5, 5.41) is 14.4. The number of nitrogens with one attached hydrogen (secondary N) is 2. The summed E-state index contributed by atoms with van der Waals surface area (Å²) >= 11 is 0. The van der Waals surface area contributed by atoms with Gasteiger partial charge in [-0.3, -0.25) is 4.79 Å². The number of ether oxygens (including phenoxy) is 2. The van der Waals surface area contributed by atoms with E-state index in [1.807, 2.05) is 0 Å². The molecule has 182 valence electrons. The van der Waals surface area contributed by atoms with Gasteiger partial charge < -0.3 is 19.7 Å². The van der Waals surface area contributed by atoms with Crippen LogP contribution in [0.1, 0.15) is 32.9 Å². The smallest absolute Gasteiger partial charge is 0.254 e. The Balaban J connectivity index is 1.18. The summed E-state index contributed by atoms with van der Waals surface area (Å²) in [6.07, 6.45) is 4.02. The molecule has 1 aliphatic heterocycles. The third-order valence-electron chi connectivity index (χ3n) is 6.62. The van der Waals surface area contributed by atoms with Gasteiger partial charge in [0.25, 0.3) is 5.91 Å². The molecule has 10 heteroatoms. The Morgan fingerprint density at radius 3 is 2.64 bits per heavy atom. The maximum atomic E-state index is 13.2. The van der Waals surface area contributed by atoms with E-state index >= 15 is 0 Å². The lowest BCUT2D eigenvalue weighted by atomic mass is 10.1. The number of benzene rings is 2. The third kappa shape index (κ3) is 4.33. The standard InChI is InChI=1S/C26H25N7O3/c1-35-22-7-6-18(26(34)33-9-8-20-21(14-33)31-32-30-20)12-23(22)36-25-13-24(27-15-28-25)29-19-10-16-4-2-3-5-17(16)11-19/h2-7,12-13,15,19H,8-11,14H2,1H3,(H,27,28,29)(H,30,31,32). The number of aromatic amines is 1. The van der Waals surface area contributed by atoms with E-state index in [9.17, 15) is 4.79 Å². The predicted octanol–water partition coefficient (Wildman–Crippen LogP) is 3.17. The van der Waals surface area contributed by atoms with E-state index in [0.717, 1.165) is 24.2 Å². The molecular weight excluding hydrogens is 458 g/mol. The minimum atomic E-state index is -0.109. The lowest BCUT2D eigenvalue weighted by molar-refractivity contribution is 0.0731. The van der Waals surface area contributed by atoms with E-state index in [4.69, 9.17) is 9.47 Å². The average Bonchev–Trinajstić information content (AvgIpc) is 3.54. The second-order valence-corrected chi connectivity index (χ2v) is 8.92. The average molecular weight is 484 g/mol. The minimum Gasteiger partial charge on any atom is -0.493 e. The zero-order valence-corrected chi connectivity index (χ0v) is 19.8. The van der Waals surface area contributed by atoms with Gasteiger partial charge in [0.1, 0.15) is 17.8 Å². The Morgan fingerprint density at radius 2 is 1.83 bits per heavy atom. The normalized spacial score (nSPS) is 14.8. The van der Waals surface area contributed by atoms with Gasteiger partial charge in [-0.15, -0.1) is 0 Å². The number of H-pyrrole nitrogens is 1. The molecule has 2 aromatic heterocycles. The first kappa shape index (κ1) is 22.0. The van der Waals surface area contributed by atoms with Crippen LogP contribution in [0.15, 0.2) is 54.9 Å². The highest BCUT2D eigenvalue weighted by Crippen LogP contribution is 2.33. The number of carbonyl (C=O) groups excluding carboxylic acids is 1. The number of rotatable bonds is 6. The van der Waals surface area contributed by atoms with Gasteiger partial charge in [0.15, 0.2) is 11.5 Å². The number of fused-ring (bicyclic) bond motifs is 2. The fourth-order valence-electron chi connectivity index (χ4n) is 4.80. The lowest BCUT2D eigenvalue weighted by Gasteiger charge is -2.25. The Bertz CT molecular complexity index is 1400. The zero-order valence-electron chi connectivity index (χ0n) is 19.8. The molecule has 0 spiro atoms. The van der Waals surface area contributed by atoms with Crippen LogP contribution in [0.3, 0.4) is 0 Å². The Kier molecular flexibility index (Phi) is 5.68. The van der Waals surface area contributed by atoms with Gasteiger partial charge in [0.2, 0.25) is 5.88 Å². The Labute approximate surface area is 207 Å². The Hall–Kier alpha value is -4.47. The van der Waals surface area contributed by atoms with Crippen LogP contribution in [-0.2, 0) is 25.8 Å². The van der Waals surface area contributed by atoms with Crippen LogP contribution in [0.25, 0.3) is 0 Å². The number of hydrogen-bond acceptors (Lipinski definition) is 8. The molecule has 0 saturated heterocycles. The molecule has 10 nitrogen and oxygen atoms in total. The van der Waals surface area contributed by atoms with Gasteiger partial charge in [0.05, 0.1) is 19.3 Å². The van der Waals surface area contributed by atoms with Gasteiger partial charge >= 0.3 is 0 Å². The summed E-state index contributed by atoms with van der Waals surface area (Å²) in [5.74, 6) is 1.84. The summed E-state index contributed by atoms with van der Waals surface area (Å²) in [7, 11) is 1.56. The summed E-state index contributed by atoms with van der Waals surface area (Å²) in [6.45, 7) is 0.991. The molecule has 3 heterocycles. The number of nitrogens with zero attached hydrogens (tertiary/aromatic N) is 5. The SMILES string of the molecule is COc1ccc(C(=O)N2CCc3n[nH]nc3C2)cc1Oc1cc(NC2Cc3ccccc3C2)ncn1. The number of aromatic nitrogens is 5. The van der Waals surface area contributed by atoms with Crippen molar-refractivity contribution in [2.24, 2.45) is 0 Å². The number of amides is 1. The molecule has 2 aliphatic rings. The van der Waals surface area contributed by atoms with Crippen molar-refractivity contribution in [1.29, 1.82) is 0 Å². The maximum absolute atomic E-state index is 13.2. The molecule has 0 unspecified atom stereocenters. The van der Waals surface area contributed by atoms with Crippen molar-refractivity contribution in [3.05, 3.63) is 82.9 Å². The minimum absolute atomic E-state index is 0.109. The van der Waals surface area contributed by atoms with Crippen molar-refractivity contribution >= 4 is 11.7 Å². The highest BCUT2D eigenvalue weighted by Gasteiger charge is 2.25. The van der Waals surface area contributed by atoms with Crippen LogP contribution in [0.5, 0.6) is 17.4 Å². The molecule has 6 rings (SSSR count). The van der Waals surface area contributed by atoms with Gasteiger partial charge in [0, 0.05) is 30.6 Å². The molecule has 2 aromatic carbocycles. The van der Waals surface area contributed by atoms with Crippen LogP contribution in [0.4, 0.5) is 5.82 Å². The van der Waals surface area contributed by atoms with Crippen molar-refractivity contribution in [3.8, 4) is 17.4 Å². The molecule has 0 bridgehead atoms. The fraction of sp³-hybridized carbons (Fsp3) is 0.269. The highest BCUT2D eigenvalue weighted by molar-refractivity contribution is 5.95. The molecule has 0 saturated carbocycles. The second-order valence-electron chi connectivity index (χ2n) is 8.92. The number of anilines is 1. The van der Waals surface area contributed by atoms with Crippen molar-refractivity contribution in [3.63, 3.8) is 0 Å².